The van der Waals surface area contributed by atoms with Crippen molar-refractivity contribution in [3.05, 3.63) is 46.2 Å². The van der Waals surface area contributed by atoms with Crippen molar-refractivity contribution in [2.24, 2.45) is 0 Å². The fraction of sp³-hybridized carbons (Fsp3) is 0.389. The number of benzene rings is 1. The van der Waals surface area contributed by atoms with E-state index >= 15 is 0 Å². The number of thiophene rings is 1. The summed E-state index contributed by atoms with van der Waals surface area (Å²) < 4.78 is 10.9. The lowest BCUT2D eigenvalue weighted by atomic mass is 10.0. The van der Waals surface area contributed by atoms with E-state index < -0.39 is 0 Å². The van der Waals surface area contributed by atoms with Gasteiger partial charge < -0.3 is 14.8 Å². The van der Waals surface area contributed by atoms with Crippen LogP contribution in [0.5, 0.6) is 11.5 Å². The van der Waals surface area contributed by atoms with Crippen LogP contribution in [0.4, 0.5) is 0 Å². The number of nitrogens with zero attached hydrogens (tertiary/aromatic N) is 1. The van der Waals surface area contributed by atoms with Crippen molar-refractivity contribution in [2.45, 2.75) is 18.9 Å². The minimum absolute atomic E-state index is 0.00468. The van der Waals surface area contributed by atoms with Crippen LogP contribution in [-0.2, 0) is 0 Å². The van der Waals surface area contributed by atoms with Gasteiger partial charge in [0.25, 0.3) is 5.91 Å². The Morgan fingerprint density at radius 1 is 1.21 bits per heavy atom. The first kappa shape index (κ1) is 15.5. The summed E-state index contributed by atoms with van der Waals surface area (Å²) in [6.45, 7) is 3.00. The van der Waals surface area contributed by atoms with E-state index in [1.54, 1.807) is 0 Å². The molecule has 1 amide bonds. The van der Waals surface area contributed by atoms with Crippen molar-refractivity contribution in [1.82, 2.24) is 10.2 Å². The average molecular weight is 344 g/mol. The molecule has 1 aromatic heterocycles. The highest BCUT2D eigenvalue weighted by Crippen LogP contribution is 2.36. The second kappa shape index (κ2) is 6.83. The molecule has 1 aromatic carbocycles. The van der Waals surface area contributed by atoms with Gasteiger partial charge in [0.1, 0.15) is 0 Å². The van der Waals surface area contributed by atoms with Crippen LogP contribution in [0.25, 0.3) is 0 Å². The molecule has 0 aliphatic carbocycles. The maximum Gasteiger partial charge on any atom is 0.261 e. The molecule has 4 rings (SSSR count). The van der Waals surface area contributed by atoms with Crippen LogP contribution in [0.3, 0.4) is 0 Å². The highest BCUT2D eigenvalue weighted by atomic mass is 32.1. The fourth-order valence-corrected chi connectivity index (χ4v) is 3.96. The van der Waals surface area contributed by atoms with Crippen molar-refractivity contribution in [1.29, 1.82) is 0 Å². The van der Waals surface area contributed by atoms with E-state index in [1.165, 1.54) is 24.2 Å². The SMILES string of the molecule is O=C(NC[C@H](c1ccc2c(c1)OCO2)N1CCCC1)c1cccs1. The van der Waals surface area contributed by atoms with Crippen molar-refractivity contribution in [3.63, 3.8) is 0 Å². The van der Waals surface area contributed by atoms with Crippen LogP contribution in [0.1, 0.15) is 34.1 Å². The van der Waals surface area contributed by atoms with Crippen LogP contribution in [0, 0.1) is 0 Å². The van der Waals surface area contributed by atoms with Crippen molar-refractivity contribution < 1.29 is 14.3 Å². The second-order valence-electron chi connectivity index (χ2n) is 6.06. The average Bonchev–Trinajstić information content (AvgIpc) is 3.35. The molecule has 1 atom stereocenters. The predicted molar refractivity (Wildman–Crippen MR) is 92.8 cm³/mol. The topological polar surface area (TPSA) is 50.8 Å². The van der Waals surface area contributed by atoms with E-state index in [0.717, 1.165) is 35.0 Å². The Labute approximate surface area is 145 Å². The van der Waals surface area contributed by atoms with Crippen molar-refractivity contribution in [3.8, 4) is 11.5 Å². The zero-order valence-corrected chi connectivity index (χ0v) is 14.2. The summed E-state index contributed by atoms with van der Waals surface area (Å²) in [6, 6.07) is 9.99. The van der Waals surface area contributed by atoms with Gasteiger partial charge in [-0.25, -0.2) is 0 Å². The molecule has 0 unspecified atom stereocenters. The van der Waals surface area contributed by atoms with Gasteiger partial charge in [-0.2, -0.15) is 0 Å². The Morgan fingerprint density at radius 2 is 2.04 bits per heavy atom. The number of amides is 1. The van der Waals surface area contributed by atoms with Gasteiger partial charge in [0, 0.05) is 6.54 Å². The third kappa shape index (κ3) is 3.12. The van der Waals surface area contributed by atoms with Gasteiger partial charge in [-0.1, -0.05) is 12.1 Å². The normalized spacial score (nSPS) is 17.8. The molecule has 2 aliphatic rings. The van der Waals surface area contributed by atoms with E-state index in [4.69, 9.17) is 9.47 Å². The molecule has 6 heteroatoms. The third-order valence-electron chi connectivity index (χ3n) is 4.56. The number of carbonyl (C=O) groups is 1. The highest BCUT2D eigenvalue weighted by molar-refractivity contribution is 7.12. The number of hydrogen-bond donors (Lipinski definition) is 1. The molecule has 3 heterocycles. The van der Waals surface area contributed by atoms with Gasteiger partial charge in [-0.15, -0.1) is 11.3 Å². The summed E-state index contributed by atoms with van der Waals surface area (Å²) in [4.78, 5) is 15.5. The summed E-state index contributed by atoms with van der Waals surface area (Å²) in [7, 11) is 0. The van der Waals surface area contributed by atoms with Crippen molar-refractivity contribution >= 4 is 17.2 Å². The van der Waals surface area contributed by atoms with Crippen LogP contribution in [0.2, 0.25) is 0 Å². The molecule has 2 aromatic rings. The Balaban J connectivity index is 1.52. The molecule has 0 bridgehead atoms. The number of likely N-dealkylation sites (tertiary alicyclic amines) is 1. The maximum absolute atomic E-state index is 12.3. The molecular weight excluding hydrogens is 324 g/mol. The molecule has 1 fully saturated rings. The Hall–Kier alpha value is -2.05. The first-order chi connectivity index (χ1) is 11.8. The smallest absolute Gasteiger partial charge is 0.261 e. The number of fused-ring (bicyclic) bond motifs is 1. The third-order valence-corrected chi connectivity index (χ3v) is 5.43. The van der Waals surface area contributed by atoms with Gasteiger partial charge in [-0.3, -0.25) is 9.69 Å². The van der Waals surface area contributed by atoms with E-state index in [0.29, 0.717) is 6.54 Å². The van der Waals surface area contributed by atoms with E-state index in [-0.39, 0.29) is 18.7 Å². The zero-order chi connectivity index (χ0) is 16.4. The minimum Gasteiger partial charge on any atom is -0.454 e. The van der Waals surface area contributed by atoms with Gasteiger partial charge in [-0.05, 0) is 55.1 Å². The molecule has 2 aliphatic heterocycles. The van der Waals surface area contributed by atoms with Gasteiger partial charge >= 0.3 is 0 Å². The molecule has 1 saturated heterocycles. The standard InChI is InChI=1S/C18H20N2O3S/c21-18(17-4-3-9-24-17)19-11-14(20-7-1-2-8-20)13-5-6-15-16(10-13)23-12-22-15/h3-6,9-10,14H,1-2,7-8,11-12H2,(H,19,21)/t14-/m1/s1. The quantitative estimate of drug-likeness (QED) is 0.906. The number of hydrogen-bond acceptors (Lipinski definition) is 5. The molecule has 126 valence electrons. The van der Waals surface area contributed by atoms with E-state index in [9.17, 15) is 4.79 Å². The number of nitrogens with one attached hydrogen (secondary N) is 1. The summed E-state index contributed by atoms with van der Waals surface area (Å²) in [6.07, 6.45) is 2.42. The molecule has 1 N–H and O–H groups in total. The van der Waals surface area contributed by atoms with Crippen LogP contribution >= 0.6 is 11.3 Å². The lowest BCUT2D eigenvalue weighted by Crippen LogP contribution is -2.36. The Bertz CT molecular complexity index is 711. The molecule has 5 nitrogen and oxygen atoms in total. The Morgan fingerprint density at radius 3 is 2.83 bits per heavy atom. The molecule has 0 saturated carbocycles. The maximum atomic E-state index is 12.3. The predicted octanol–water partition coefficient (Wildman–Crippen LogP) is 3.04. The van der Waals surface area contributed by atoms with Crippen LogP contribution in [-0.4, -0.2) is 37.2 Å². The summed E-state index contributed by atoms with van der Waals surface area (Å²) in [5.41, 5.74) is 1.16. The lowest BCUT2D eigenvalue weighted by molar-refractivity contribution is 0.0942. The molecule has 0 spiro atoms. The lowest BCUT2D eigenvalue weighted by Gasteiger charge is -2.28. The zero-order valence-electron chi connectivity index (χ0n) is 13.4. The van der Waals surface area contributed by atoms with Crippen LogP contribution in [0.15, 0.2) is 35.7 Å². The highest BCUT2D eigenvalue weighted by Gasteiger charge is 2.26. The number of carbonyl (C=O) groups excluding carboxylic acids is 1. The van der Waals surface area contributed by atoms with Crippen molar-refractivity contribution in [2.75, 3.05) is 26.4 Å². The summed E-state index contributed by atoms with van der Waals surface area (Å²) in [5, 5.41) is 5.01. The molecule has 24 heavy (non-hydrogen) atoms. The molecular formula is C18H20N2O3S. The van der Waals surface area contributed by atoms with Gasteiger partial charge in [0.2, 0.25) is 6.79 Å². The van der Waals surface area contributed by atoms with Gasteiger partial charge in [0.05, 0.1) is 10.9 Å². The first-order valence-electron chi connectivity index (χ1n) is 8.26. The molecule has 0 radical (unpaired) electrons. The first-order valence-corrected chi connectivity index (χ1v) is 9.14. The minimum atomic E-state index is -0.00468. The van der Waals surface area contributed by atoms with Gasteiger partial charge in [0.15, 0.2) is 11.5 Å². The number of rotatable bonds is 5. The fourth-order valence-electron chi connectivity index (χ4n) is 3.32. The monoisotopic (exact) mass is 344 g/mol. The summed E-state index contributed by atoms with van der Waals surface area (Å²) >= 11 is 1.46. The van der Waals surface area contributed by atoms with Crippen LogP contribution < -0.4 is 14.8 Å². The Kier molecular flexibility index (Phi) is 4.40. The van der Waals surface area contributed by atoms with E-state index in [2.05, 4.69) is 16.3 Å². The summed E-state index contributed by atoms with van der Waals surface area (Å²) in [5.74, 6) is 1.58. The van der Waals surface area contributed by atoms with E-state index in [1.807, 2.05) is 29.6 Å². The number of ether oxygens (including phenoxy) is 2. The largest absolute Gasteiger partial charge is 0.454 e. The second-order valence-corrected chi connectivity index (χ2v) is 7.01.